The first-order valence-corrected chi connectivity index (χ1v) is 4.64. The summed E-state index contributed by atoms with van der Waals surface area (Å²) in [5, 5.41) is 8.63. The van der Waals surface area contributed by atoms with Crippen molar-refractivity contribution in [3.8, 4) is 6.07 Å². The van der Waals surface area contributed by atoms with Gasteiger partial charge in [0.15, 0.2) is 5.78 Å². The smallest absolute Gasteiger partial charge is 0.162 e. The van der Waals surface area contributed by atoms with E-state index >= 15 is 0 Å². The Hall–Kier alpha value is -2.08. The zero-order valence-corrected chi connectivity index (χ0v) is 8.01. The number of nitriles is 1. The molecule has 1 atom stereocenters. The quantitative estimate of drug-likeness (QED) is 0.695. The minimum absolute atomic E-state index is 0.0654. The maximum Gasteiger partial charge on any atom is 0.162 e. The van der Waals surface area contributed by atoms with E-state index in [1.165, 1.54) is 12.3 Å². The Morgan fingerprint density at radius 2 is 2.07 bits per heavy atom. The Morgan fingerprint density at radius 1 is 1.33 bits per heavy atom. The number of benzene rings is 1. The molecule has 0 unspecified atom stereocenters. The lowest BCUT2D eigenvalue weighted by atomic mass is 10.0. The summed E-state index contributed by atoms with van der Waals surface area (Å²) in [6.45, 7) is 0. The van der Waals surface area contributed by atoms with E-state index in [0.29, 0.717) is 12.0 Å². The van der Waals surface area contributed by atoms with Crippen molar-refractivity contribution in [3.63, 3.8) is 0 Å². The second-order valence-electron chi connectivity index (χ2n) is 3.33. The standard InChI is InChI=1S/C12H9NO2/c13-8-9-1-3-10(4-2-9)12-7-11(14)5-6-15-12/h1-6,12H,7H2/t12-/m1/s1. The van der Waals surface area contributed by atoms with Gasteiger partial charge in [0, 0.05) is 6.08 Å². The van der Waals surface area contributed by atoms with Crippen LogP contribution in [0.2, 0.25) is 0 Å². The summed E-state index contributed by atoms with van der Waals surface area (Å²) in [5.41, 5.74) is 1.53. The molecule has 0 radical (unpaired) electrons. The monoisotopic (exact) mass is 199 g/mol. The van der Waals surface area contributed by atoms with Gasteiger partial charge in [0.25, 0.3) is 0 Å². The van der Waals surface area contributed by atoms with Gasteiger partial charge in [0.05, 0.1) is 24.3 Å². The van der Waals surface area contributed by atoms with Crippen molar-refractivity contribution in [1.29, 1.82) is 5.26 Å². The fourth-order valence-electron chi connectivity index (χ4n) is 1.48. The second-order valence-corrected chi connectivity index (χ2v) is 3.33. The predicted molar refractivity (Wildman–Crippen MR) is 53.7 cm³/mol. The van der Waals surface area contributed by atoms with Gasteiger partial charge in [-0.15, -0.1) is 0 Å². The van der Waals surface area contributed by atoms with Crippen LogP contribution in [0.15, 0.2) is 36.6 Å². The lowest BCUT2D eigenvalue weighted by Gasteiger charge is -2.18. The van der Waals surface area contributed by atoms with Crippen LogP contribution >= 0.6 is 0 Å². The summed E-state index contributed by atoms with van der Waals surface area (Å²) < 4.78 is 5.32. The van der Waals surface area contributed by atoms with Crippen LogP contribution in [-0.4, -0.2) is 5.78 Å². The van der Waals surface area contributed by atoms with Crippen molar-refractivity contribution in [2.45, 2.75) is 12.5 Å². The molecular weight excluding hydrogens is 190 g/mol. The highest BCUT2D eigenvalue weighted by molar-refractivity contribution is 5.90. The number of nitrogens with zero attached hydrogens (tertiary/aromatic N) is 1. The van der Waals surface area contributed by atoms with Gasteiger partial charge in [-0.25, -0.2) is 0 Å². The predicted octanol–water partition coefficient (Wildman–Crippen LogP) is 2.10. The molecule has 0 spiro atoms. The van der Waals surface area contributed by atoms with Crippen molar-refractivity contribution in [2.24, 2.45) is 0 Å². The van der Waals surface area contributed by atoms with E-state index in [2.05, 4.69) is 0 Å². The molecular formula is C12H9NO2. The van der Waals surface area contributed by atoms with Crippen LogP contribution in [0.1, 0.15) is 23.7 Å². The van der Waals surface area contributed by atoms with Crippen LogP contribution in [0.4, 0.5) is 0 Å². The fourth-order valence-corrected chi connectivity index (χ4v) is 1.48. The first kappa shape index (κ1) is 9.47. The second kappa shape index (κ2) is 3.97. The van der Waals surface area contributed by atoms with Gasteiger partial charge >= 0.3 is 0 Å². The Kier molecular flexibility index (Phi) is 2.51. The molecule has 2 rings (SSSR count). The molecule has 0 saturated heterocycles. The SMILES string of the molecule is N#Cc1ccc([C@H]2CC(=O)C=CO2)cc1. The lowest BCUT2D eigenvalue weighted by molar-refractivity contribution is -0.118. The number of rotatable bonds is 1. The third kappa shape index (κ3) is 2.05. The molecule has 1 aromatic carbocycles. The summed E-state index contributed by atoms with van der Waals surface area (Å²) in [5.74, 6) is 0.0654. The zero-order chi connectivity index (χ0) is 10.7. The summed E-state index contributed by atoms with van der Waals surface area (Å²) >= 11 is 0. The number of hydrogen-bond acceptors (Lipinski definition) is 3. The number of carbonyl (C=O) groups excluding carboxylic acids is 1. The summed E-state index contributed by atoms with van der Waals surface area (Å²) in [6, 6.07) is 9.12. The van der Waals surface area contributed by atoms with E-state index in [0.717, 1.165) is 5.56 Å². The summed E-state index contributed by atoms with van der Waals surface area (Å²) in [7, 11) is 0. The van der Waals surface area contributed by atoms with E-state index in [9.17, 15) is 4.79 Å². The Bertz CT molecular complexity index is 440. The van der Waals surface area contributed by atoms with E-state index in [1.807, 2.05) is 18.2 Å². The Balaban J connectivity index is 2.20. The normalized spacial score (nSPS) is 19.4. The molecule has 3 heteroatoms. The van der Waals surface area contributed by atoms with Gasteiger partial charge in [-0.3, -0.25) is 4.79 Å². The van der Waals surface area contributed by atoms with Gasteiger partial charge < -0.3 is 4.74 Å². The van der Waals surface area contributed by atoms with Crippen LogP contribution < -0.4 is 0 Å². The molecule has 1 aromatic rings. The van der Waals surface area contributed by atoms with E-state index in [-0.39, 0.29) is 11.9 Å². The average molecular weight is 199 g/mol. The molecule has 0 saturated carbocycles. The fraction of sp³-hybridized carbons (Fsp3) is 0.167. The molecule has 0 fully saturated rings. The molecule has 1 aliphatic heterocycles. The molecule has 1 aliphatic rings. The number of ether oxygens (including phenoxy) is 1. The van der Waals surface area contributed by atoms with Crippen molar-refractivity contribution in [1.82, 2.24) is 0 Å². The maximum atomic E-state index is 11.2. The summed E-state index contributed by atoms with van der Waals surface area (Å²) in [6.07, 6.45) is 3.01. The van der Waals surface area contributed by atoms with Gasteiger partial charge in [-0.2, -0.15) is 5.26 Å². The molecule has 0 aromatic heterocycles. The third-order valence-electron chi connectivity index (χ3n) is 2.29. The topological polar surface area (TPSA) is 50.1 Å². The van der Waals surface area contributed by atoms with Gasteiger partial charge in [-0.05, 0) is 17.7 Å². The van der Waals surface area contributed by atoms with Crippen LogP contribution in [0.5, 0.6) is 0 Å². The van der Waals surface area contributed by atoms with Crippen molar-refractivity contribution in [3.05, 3.63) is 47.7 Å². The summed E-state index contributed by atoms with van der Waals surface area (Å²) in [4.78, 5) is 11.2. The molecule has 1 heterocycles. The highest BCUT2D eigenvalue weighted by Gasteiger charge is 2.18. The van der Waals surface area contributed by atoms with Crippen LogP contribution in [-0.2, 0) is 9.53 Å². The van der Waals surface area contributed by atoms with Crippen molar-refractivity contribution >= 4 is 5.78 Å². The van der Waals surface area contributed by atoms with Gasteiger partial charge in [0.2, 0.25) is 0 Å². The molecule has 0 aliphatic carbocycles. The van der Waals surface area contributed by atoms with Crippen LogP contribution in [0, 0.1) is 11.3 Å². The first-order chi connectivity index (χ1) is 7.29. The van der Waals surface area contributed by atoms with Crippen molar-refractivity contribution < 1.29 is 9.53 Å². The highest BCUT2D eigenvalue weighted by Crippen LogP contribution is 2.25. The van der Waals surface area contributed by atoms with E-state index in [1.54, 1.807) is 12.1 Å². The molecule has 3 nitrogen and oxygen atoms in total. The highest BCUT2D eigenvalue weighted by atomic mass is 16.5. The maximum absolute atomic E-state index is 11.2. The molecule has 0 bridgehead atoms. The van der Waals surface area contributed by atoms with Crippen molar-refractivity contribution in [2.75, 3.05) is 0 Å². The minimum Gasteiger partial charge on any atom is -0.493 e. The largest absolute Gasteiger partial charge is 0.493 e. The first-order valence-electron chi connectivity index (χ1n) is 4.64. The Labute approximate surface area is 87.6 Å². The molecule has 74 valence electrons. The number of carbonyl (C=O) groups is 1. The zero-order valence-electron chi connectivity index (χ0n) is 8.01. The number of hydrogen-bond donors (Lipinski definition) is 0. The van der Waals surface area contributed by atoms with Crippen LogP contribution in [0.3, 0.4) is 0 Å². The van der Waals surface area contributed by atoms with Gasteiger partial charge in [0.1, 0.15) is 6.10 Å². The average Bonchev–Trinajstić information content (AvgIpc) is 2.29. The minimum atomic E-state index is -0.213. The molecule has 0 N–H and O–H groups in total. The third-order valence-corrected chi connectivity index (χ3v) is 2.29. The van der Waals surface area contributed by atoms with E-state index in [4.69, 9.17) is 10.00 Å². The molecule has 0 amide bonds. The number of allylic oxidation sites excluding steroid dienone is 1. The Morgan fingerprint density at radius 3 is 2.67 bits per heavy atom. The number of ketones is 1. The lowest BCUT2D eigenvalue weighted by Crippen LogP contribution is -2.11. The van der Waals surface area contributed by atoms with Crippen LogP contribution in [0.25, 0.3) is 0 Å². The molecule has 15 heavy (non-hydrogen) atoms. The van der Waals surface area contributed by atoms with Gasteiger partial charge in [-0.1, -0.05) is 12.1 Å². The van der Waals surface area contributed by atoms with E-state index < -0.39 is 0 Å².